The van der Waals surface area contributed by atoms with Gasteiger partial charge < -0.3 is 9.64 Å². The third-order valence-corrected chi connectivity index (χ3v) is 7.82. The van der Waals surface area contributed by atoms with Gasteiger partial charge in [-0.2, -0.15) is 4.52 Å². The maximum absolute atomic E-state index is 13.7. The molecule has 7 rings (SSSR count). The number of pyridine rings is 1. The van der Waals surface area contributed by atoms with E-state index in [0.29, 0.717) is 29.6 Å². The first kappa shape index (κ1) is 21.9. The molecule has 0 radical (unpaired) electrons. The smallest absolute Gasteiger partial charge is 0.184 e. The molecule has 0 amide bonds. The molecule has 4 aromatic rings. The van der Waals surface area contributed by atoms with Gasteiger partial charge in [0.25, 0.3) is 0 Å². The zero-order valence-electron chi connectivity index (χ0n) is 20.5. The summed E-state index contributed by atoms with van der Waals surface area (Å²) in [5, 5.41) is 13.6. The number of fused-ring (bicyclic) bond motifs is 3. The highest BCUT2D eigenvalue weighted by molar-refractivity contribution is 6.08. The van der Waals surface area contributed by atoms with Gasteiger partial charge in [0.2, 0.25) is 0 Å². The molecular weight excluding hydrogens is 466 g/mol. The van der Waals surface area contributed by atoms with Crippen LogP contribution in [0.15, 0.2) is 77.1 Å². The summed E-state index contributed by atoms with van der Waals surface area (Å²) in [6.45, 7) is 0. The van der Waals surface area contributed by atoms with Crippen molar-refractivity contribution in [2.45, 2.75) is 44.4 Å². The lowest BCUT2D eigenvalue weighted by Gasteiger charge is -2.44. The van der Waals surface area contributed by atoms with Gasteiger partial charge in [0, 0.05) is 57.9 Å². The Balaban J connectivity index is 1.53. The van der Waals surface area contributed by atoms with E-state index in [1.165, 1.54) is 0 Å². The van der Waals surface area contributed by atoms with Crippen molar-refractivity contribution < 1.29 is 14.3 Å². The average molecular weight is 492 g/mol. The van der Waals surface area contributed by atoms with Gasteiger partial charge in [-0.25, -0.2) is 0 Å². The molecule has 8 nitrogen and oxygen atoms in total. The predicted molar refractivity (Wildman–Crippen MR) is 138 cm³/mol. The topological polar surface area (TPSA) is 89.7 Å². The van der Waals surface area contributed by atoms with Crippen LogP contribution in [0.4, 0.5) is 5.69 Å². The number of nitrogens with zero attached hydrogens (tertiary/aromatic N) is 5. The number of carbonyl (C=O) groups is 2. The Hall–Kier alpha value is -4.33. The van der Waals surface area contributed by atoms with Crippen LogP contribution >= 0.6 is 0 Å². The number of aromatic nitrogens is 4. The first-order valence-corrected chi connectivity index (χ1v) is 12.7. The van der Waals surface area contributed by atoms with E-state index in [-0.39, 0.29) is 11.6 Å². The van der Waals surface area contributed by atoms with Crippen molar-refractivity contribution >= 4 is 33.8 Å². The van der Waals surface area contributed by atoms with E-state index in [1.54, 1.807) is 11.6 Å². The maximum atomic E-state index is 13.7. The second kappa shape index (κ2) is 8.37. The number of allylic oxidation sites excluding steroid dienone is 4. The van der Waals surface area contributed by atoms with E-state index in [4.69, 9.17) is 4.74 Å². The zero-order chi connectivity index (χ0) is 25.1. The minimum Gasteiger partial charge on any atom is -0.497 e. The molecule has 184 valence electrons. The molecule has 3 heterocycles. The number of ether oxygens (including phenoxy) is 1. The summed E-state index contributed by atoms with van der Waals surface area (Å²) in [4.78, 5) is 29.6. The van der Waals surface area contributed by atoms with Gasteiger partial charge in [0.05, 0.1) is 12.6 Å². The number of tetrazole rings is 1. The minimum atomic E-state index is -0.488. The number of carbonyl (C=O) groups excluding carboxylic acids is 2. The van der Waals surface area contributed by atoms with Crippen molar-refractivity contribution in [1.82, 2.24) is 20.0 Å². The molecule has 0 bridgehead atoms. The maximum Gasteiger partial charge on any atom is 0.184 e. The van der Waals surface area contributed by atoms with E-state index in [9.17, 15) is 9.59 Å². The first-order valence-electron chi connectivity index (χ1n) is 12.7. The summed E-state index contributed by atoms with van der Waals surface area (Å²) in [5.41, 5.74) is 6.59. The highest BCUT2D eigenvalue weighted by Gasteiger charge is 2.44. The van der Waals surface area contributed by atoms with Gasteiger partial charge in [-0.1, -0.05) is 18.2 Å². The summed E-state index contributed by atoms with van der Waals surface area (Å²) in [5.74, 6) is 0.458. The molecule has 3 aliphatic rings. The number of methoxy groups -OCH3 is 1. The van der Waals surface area contributed by atoms with Gasteiger partial charge >= 0.3 is 0 Å². The quantitative estimate of drug-likeness (QED) is 0.402. The molecule has 0 saturated heterocycles. The zero-order valence-corrected chi connectivity index (χ0v) is 20.5. The molecule has 2 aliphatic carbocycles. The van der Waals surface area contributed by atoms with Crippen LogP contribution in [0.25, 0.3) is 16.6 Å². The molecule has 2 aromatic carbocycles. The molecule has 0 atom stereocenters. The molecule has 37 heavy (non-hydrogen) atoms. The van der Waals surface area contributed by atoms with Crippen LogP contribution in [0.3, 0.4) is 0 Å². The van der Waals surface area contributed by atoms with Crippen LogP contribution in [0.2, 0.25) is 0 Å². The third-order valence-electron chi connectivity index (χ3n) is 7.82. The fraction of sp³-hybridized carbons (Fsp3) is 0.276. The molecule has 0 N–H and O–H groups in total. The number of ketones is 2. The van der Waals surface area contributed by atoms with Gasteiger partial charge in [-0.05, 0) is 72.5 Å². The van der Waals surface area contributed by atoms with Crippen LogP contribution in [-0.4, -0.2) is 38.7 Å². The van der Waals surface area contributed by atoms with Crippen molar-refractivity contribution in [2.24, 2.45) is 0 Å². The van der Waals surface area contributed by atoms with Crippen LogP contribution in [0.5, 0.6) is 5.75 Å². The van der Waals surface area contributed by atoms with Crippen molar-refractivity contribution in [2.75, 3.05) is 12.0 Å². The van der Waals surface area contributed by atoms with E-state index < -0.39 is 5.92 Å². The van der Waals surface area contributed by atoms with Gasteiger partial charge in [0.1, 0.15) is 5.75 Å². The highest BCUT2D eigenvalue weighted by atomic mass is 16.5. The lowest BCUT2D eigenvalue weighted by Crippen LogP contribution is -2.39. The van der Waals surface area contributed by atoms with Gasteiger partial charge in [-0.3, -0.25) is 9.59 Å². The Bertz CT molecular complexity index is 1620. The number of rotatable bonds is 3. The predicted octanol–water partition coefficient (Wildman–Crippen LogP) is 4.90. The Labute approximate surface area is 213 Å². The minimum absolute atomic E-state index is 0.0912. The van der Waals surface area contributed by atoms with Crippen molar-refractivity contribution in [3.05, 3.63) is 82.7 Å². The summed E-state index contributed by atoms with van der Waals surface area (Å²) in [7, 11) is 1.64. The van der Waals surface area contributed by atoms with Crippen LogP contribution in [0.1, 0.15) is 50.0 Å². The highest BCUT2D eigenvalue weighted by Crippen LogP contribution is 2.51. The molecule has 0 unspecified atom stereocenters. The molecular formula is C29H25N5O3. The Morgan fingerprint density at radius 1 is 0.865 bits per heavy atom. The summed E-state index contributed by atoms with van der Waals surface area (Å²) >= 11 is 0. The molecule has 0 saturated carbocycles. The Morgan fingerprint density at radius 2 is 1.54 bits per heavy atom. The third kappa shape index (κ3) is 3.25. The van der Waals surface area contributed by atoms with Crippen LogP contribution in [0, 0.1) is 0 Å². The lowest BCUT2D eigenvalue weighted by atomic mass is 9.71. The summed E-state index contributed by atoms with van der Waals surface area (Å²) in [6.07, 6.45) is 4.04. The number of Topliss-reactive ketones (excluding diaryl/α,β-unsaturated/α-hetero) is 2. The van der Waals surface area contributed by atoms with Crippen molar-refractivity contribution in [1.29, 1.82) is 0 Å². The van der Waals surface area contributed by atoms with Gasteiger partial charge in [-0.15, -0.1) is 5.10 Å². The second-order valence-electron chi connectivity index (χ2n) is 9.81. The SMILES string of the molecule is COc1ccc(N2C3=C(C(=O)CCC3)C(c3cc4ccccc4n4nnnc34)C3=C2CCCC3=O)cc1. The average Bonchev–Trinajstić information content (AvgIpc) is 3.43. The fourth-order valence-corrected chi connectivity index (χ4v) is 6.25. The molecule has 8 heteroatoms. The summed E-state index contributed by atoms with van der Waals surface area (Å²) < 4.78 is 7.10. The van der Waals surface area contributed by atoms with E-state index in [1.807, 2.05) is 48.5 Å². The van der Waals surface area contributed by atoms with Crippen LogP contribution < -0.4 is 9.64 Å². The van der Waals surface area contributed by atoms with E-state index >= 15 is 0 Å². The first-order chi connectivity index (χ1) is 18.2. The molecule has 2 aromatic heterocycles. The normalized spacial score (nSPS) is 18.6. The van der Waals surface area contributed by atoms with Gasteiger partial charge in [0.15, 0.2) is 17.2 Å². The number of para-hydroxylation sites is 1. The van der Waals surface area contributed by atoms with Crippen LogP contribution in [-0.2, 0) is 9.59 Å². The summed E-state index contributed by atoms with van der Waals surface area (Å²) in [6, 6.07) is 17.8. The largest absolute Gasteiger partial charge is 0.497 e. The number of anilines is 1. The molecule has 1 aliphatic heterocycles. The van der Waals surface area contributed by atoms with E-state index in [2.05, 4.69) is 26.5 Å². The number of benzene rings is 2. The van der Waals surface area contributed by atoms with Crippen molar-refractivity contribution in [3.8, 4) is 5.75 Å². The van der Waals surface area contributed by atoms with Crippen molar-refractivity contribution in [3.63, 3.8) is 0 Å². The van der Waals surface area contributed by atoms with E-state index in [0.717, 1.165) is 65.0 Å². The number of hydrogen-bond donors (Lipinski definition) is 0. The fourth-order valence-electron chi connectivity index (χ4n) is 6.25. The molecule has 0 fully saturated rings. The monoisotopic (exact) mass is 491 g/mol. The Kier molecular flexibility index (Phi) is 4.96. The molecule has 0 spiro atoms. The standard InChI is InChI=1S/C29H25N5O3/c1-37-19-14-12-18(13-15-19)33-22-8-4-10-24(35)27(22)26(28-23(33)9-5-11-25(28)36)20-16-17-6-2-3-7-21(17)34-29(20)30-31-32-34/h2-3,6-7,12-16,26H,4-5,8-11H2,1H3. The number of hydrogen-bond acceptors (Lipinski definition) is 7. The Morgan fingerprint density at radius 3 is 2.22 bits per heavy atom. The second-order valence-corrected chi connectivity index (χ2v) is 9.81. The lowest BCUT2D eigenvalue weighted by molar-refractivity contribution is -0.116.